The summed E-state index contributed by atoms with van der Waals surface area (Å²) in [5, 5.41) is 13.3. The highest BCUT2D eigenvalue weighted by Crippen LogP contribution is 2.17. The smallest absolute Gasteiger partial charge is 0.0914 e. The molecule has 0 bridgehead atoms. The molecule has 1 aromatic carbocycles. The number of hydrogen-bond acceptors (Lipinski definition) is 3. The van der Waals surface area contributed by atoms with Crippen LogP contribution in [0.1, 0.15) is 22.8 Å². The van der Waals surface area contributed by atoms with Gasteiger partial charge in [0.25, 0.3) is 0 Å². The summed E-state index contributed by atoms with van der Waals surface area (Å²) < 4.78 is 0.979. The van der Waals surface area contributed by atoms with Gasteiger partial charge in [0.1, 0.15) is 0 Å². The summed E-state index contributed by atoms with van der Waals surface area (Å²) in [6.07, 6.45) is 3.14. The van der Waals surface area contributed by atoms with Crippen molar-refractivity contribution in [2.45, 2.75) is 19.6 Å². The number of rotatable bonds is 5. The van der Waals surface area contributed by atoms with E-state index in [0.29, 0.717) is 13.1 Å². The van der Waals surface area contributed by atoms with E-state index in [4.69, 9.17) is 0 Å². The molecule has 100 valence electrons. The zero-order chi connectivity index (χ0) is 13.7. The second-order valence-corrected chi connectivity index (χ2v) is 5.42. The molecule has 0 spiro atoms. The fourth-order valence-electron chi connectivity index (χ4n) is 1.86. The highest BCUT2D eigenvalue weighted by atomic mass is 79.9. The summed E-state index contributed by atoms with van der Waals surface area (Å²) in [4.78, 5) is 4.10. The molecule has 0 amide bonds. The maximum atomic E-state index is 10.1. The van der Waals surface area contributed by atoms with Gasteiger partial charge in [-0.15, -0.1) is 0 Å². The van der Waals surface area contributed by atoms with Crippen molar-refractivity contribution in [3.05, 3.63) is 63.9 Å². The van der Waals surface area contributed by atoms with Crippen molar-refractivity contribution in [3.8, 4) is 0 Å². The van der Waals surface area contributed by atoms with Crippen molar-refractivity contribution >= 4 is 15.9 Å². The summed E-state index contributed by atoms with van der Waals surface area (Å²) in [5.41, 5.74) is 3.27. The second kappa shape index (κ2) is 6.80. The lowest BCUT2D eigenvalue weighted by Gasteiger charge is -2.13. The Kier molecular flexibility index (Phi) is 5.07. The van der Waals surface area contributed by atoms with Crippen LogP contribution in [-0.4, -0.2) is 16.6 Å². The number of nitrogens with one attached hydrogen (secondary N) is 1. The van der Waals surface area contributed by atoms with E-state index in [1.54, 1.807) is 6.20 Å². The first-order valence-corrected chi connectivity index (χ1v) is 7.00. The predicted octanol–water partition coefficient (Wildman–Crippen LogP) is 2.98. The molecule has 0 saturated carbocycles. The molecule has 2 aromatic rings. The molecule has 1 aromatic heterocycles. The van der Waals surface area contributed by atoms with Gasteiger partial charge < -0.3 is 10.4 Å². The minimum absolute atomic E-state index is 0.505. The maximum absolute atomic E-state index is 10.1. The molecule has 1 unspecified atom stereocenters. The summed E-state index contributed by atoms with van der Waals surface area (Å²) in [7, 11) is 0. The number of nitrogens with zero attached hydrogens (tertiary/aromatic N) is 1. The summed E-state index contributed by atoms with van der Waals surface area (Å²) in [6.45, 7) is 3.29. The lowest BCUT2D eigenvalue weighted by molar-refractivity contribution is 0.174. The molecular weight excluding hydrogens is 304 g/mol. The van der Waals surface area contributed by atoms with Gasteiger partial charge in [-0.3, -0.25) is 4.98 Å². The van der Waals surface area contributed by atoms with E-state index < -0.39 is 6.10 Å². The van der Waals surface area contributed by atoms with Crippen molar-refractivity contribution < 1.29 is 5.11 Å². The molecule has 1 heterocycles. The average molecular weight is 321 g/mol. The summed E-state index contributed by atoms with van der Waals surface area (Å²) >= 11 is 3.41. The van der Waals surface area contributed by atoms with Crippen LogP contribution in [-0.2, 0) is 6.54 Å². The Morgan fingerprint density at radius 2 is 2.21 bits per heavy atom. The van der Waals surface area contributed by atoms with Crippen LogP contribution in [0.3, 0.4) is 0 Å². The molecule has 3 nitrogen and oxygen atoms in total. The predicted molar refractivity (Wildman–Crippen MR) is 79.8 cm³/mol. The molecule has 0 fully saturated rings. The summed E-state index contributed by atoms with van der Waals surface area (Å²) in [5.74, 6) is 0. The Bertz CT molecular complexity index is 545. The van der Waals surface area contributed by atoms with E-state index in [9.17, 15) is 5.11 Å². The molecule has 0 aliphatic rings. The molecule has 4 heteroatoms. The van der Waals surface area contributed by atoms with E-state index >= 15 is 0 Å². The topological polar surface area (TPSA) is 45.2 Å². The zero-order valence-corrected chi connectivity index (χ0v) is 12.4. The number of pyridine rings is 1. The second-order valence-electron chi connectivity index (χ2n) is 4.50. The molecule has 19 heavy (non-hydrogen) atoms. The number of benzene rings is 1. The van der Waals surface area contributed by atoms with Crippen LogP contribution in [0.2, 0.25) is 0 Å². The molecule has 0 saturated heterocycles. The Hall–Kier alpha value is -1.23. The van der Waals surface area contributed by atoms with Crippen molar-refractivity contribution in [2.75, 3.05) is 6.54 Å². The highest BCUT2D eigenvalue weighted by molar-refractivity contribution is 9.10. The first-order chi connectivity index (χ1) is 9.16. The van der Waals surface area contributed by atoms with Crippen molar-refractivity contribution in [1.82, 2.24) is 10.3 Å². The lowest BCUT2D eigenvalue weighted by Crippen LogP contribution is -2.21. The normalized spacial score (nSPS) is 12.4. The van der Waals surface area contributed by atoms with Crippen LogP contribution in [0.25, 0.3) is 0 Å². The molecule has 2 rings (SSSR count). The Morgan fingerprint density at radius 1 is 1.37 bits per heavy atom. The van der Waals surface area contributed by atoms with Gasteiger partial charge in [0.2, 0.25) is 0 Å². The van der Waals surface area contributed by atoms with Crippen LogP contribution >= 0.6 is 15.9 Å². The lowest BCUT2D eigenvalue weighted by atomic mass is 10.1. The SMILES string of the molecule is Cc1ccncc1CNCC(O)c1cccc(Br)c1. The number of aromatic nitrogens is 1. The van der Waals surface area contributed by atoms with E-state index in [1.165, 1.54) is 5.56 Å². The van der Waals surface area contributed by atoms with Gasteiger partial charge in [-0.1, -0.05) is 28.1 Å². The number of aryl methyl sites for hydroxylation is 1. The van der Waals surface area contributed by atoms with E-state index in [0.717, 1.165) is 15.6 Å². The zero-order valence-electron chi connectivity index (χ0n) is 10.8. The van der Waals surface area contributed by atoms with Gasteiger partial charge in [0.15, 0.2) is 0 Å². The van der Waals surface area contributed by atoms with Crippen molar-refractivity contribution in [2.24, 2.45) is 0 Å². The number of aliphatic hydroxyl groups is 1. The number of hydrogen-bond donors (Lipinski definition) is 2. The molecular formula is C15H17BrN2O. The van der Waals surface area contributed by atoms with Crippen LogP contribution in [0, 0.1) is 6.92 Å². The highest BCUT2D eigenvalue weighted by Gasteiger charge is 2.07. The summed E-state index contributed by atoms with van der Waals surface area (Å²) in [6, 6.07) is 9.71. The molecule has 0 aliphatic carbocycles. The Morgan fingerprint density at radius 3 is 2.95 bits per heavy atom. The van der Waals surface area contributed by atoms with E-state index in [2.05, 4.69) is 33.2 Å². The van der Waals surface area contributed by atoms with Gasteiger partial charge in [-0.05, 0) is 41.8 Å². The van der Waals surface area contributed by atoms with Gasteiger partial charge in [-0.25, -0.2) is 0 Å². The Labute approximate surface area is 121 Å². The van der Waals surface area contributed by atoms with Gasteiger partial charge in [-0.2, -0.15) is 0 Å². The van der Waals surface area contributed by atoms with Crippen LogP contribution in [0.4, 0.5) is 0 Å². The van der Waals surface area contributed by atoms with E-state index in [-0.39, 0.29) is 0 Å². The third-order valence-corrected chi connectivity index (χ3v) is 3.53. The third kappa shape index (κ3) is 4.13. The minimum atomic E-state index is -0.505. The maximum Gasteiger partial charge on any atom is 0.0914 e. The standard InChI is InChI=1S/C15H17BrN2O/c1-11-5-6-17-8-13(11)9-18-10-15(19)12-3-2-4-14(16)7-12/h2-8,15,18-19H,9-10H2,1H3. The number of halogens is 1. The van der Waals surface area contributed by atoms with Crippen LogP contribution in [0.5, 0.6) is 0 Å². The number of aliphatic hydroxyl groups excluding tert-OH is 1. The van der Waals surface area contributed by atoms with Crippen LogP contribution < -0.4 is 5.32 Å². The van der Waals surface area contributed by atoms with Gasteiger partial charge >= 0.3 is 0 Å². The van der Waals surface area contributed by atoms with Crippen molar-refractivity contribution in [3.63, 3.8) is 0 Å². The quantitative estimate of drug-likeness (QED) is 0.890. The van der Waals surface area contributed by atoms with Gasteiger partial charge in [0.05, 0.1) is 6.10 Å². The molecule has 0 radical (unpaired) electrons. The first-order valence-electron chi connectivity index (χ1n) is 6.20. The van der Waals surface area contributed by atoms with Crippen LogP contribution in [0.15, 0.2) is 47.2 Å². The fraction of sp³-hybridized carbons (Fsp3) is 0.267. The molecule has 2 N–H and O–H groups in total. The van der Waals surface area contributed by atoms with E-state index in [1.807, 2.05) is 36.5 Å². The van der Waals surface area contributed by atoms with Gasteiger partial charge in [0, 0.05) is 30.0 Å². The minimum Gasteiger partial charge on any atom is -0.387 e. The molecule has 1 atom stereocenters. The first kappa shape index (κ1) is 14.2. The monoisotopic (exact) mass is 320 g/mol. The Balaban J connectivity index is 1.88. The largest absolute Gasteiger partial charge is 0.387 e. The third-order valence-electron chi connectivity index (χ3n) is 3.03. The fourth-order valence-corrected chi connectivity index (χ4v) is 2.27. The average Bonchev–Trinajstić information content (AvgIpc) is 2.41. The van der Waals surface area contributed by atoms with Crippen molar-refractivity contribution in [1.29, 1.82) is 0 Å². The molecule has 0 aliphatic heterocycles.